The highest BCUT2D eigenvalue weighted by Crippen LogP contribution is 2.17. The first-order valence-electron chi connectivity index (χ1n) is 8.98. The SMILES string of the molecule is Cc1cccc(CN(CCN2CCOCC2)C(=O)C2CCCO2)c1. The number of carbonyl (C=O) groups is 1. The minimum Gasteiger partial charge on any atom is -0.379 e. The van der Waals surface area contributed by atoms with Gasteiger partial charge >= 0.3 is 0 Å². The van der Waals surface area contributed by atoms with Crippen LogP contribution in [0.2, 0.25) is 0 Å². The summed E-state index contributed by atoms with van der Waals surface area (Å²) in [5, 5.41) is 0. The van der Waals surface area contributed by atoms with Crippen LogP contribution in [0.5, 0.6) is 0 Å². The highest BCUT2D eigenvalue weighted by molar-refractivity contribution is 5.81. The van der Waals surface area contributed by atoms with E-state index in [0.717, 1.165) is 52.2 Å². The third kappa shape index (κ3) is 4.79. The zero-order valence-corrected chi connectivity index (χ0v) is 14.6. The van der Waals surface area contributed by atoms with Gasteiger partial charge in [0.15, 0.2) is 0 Å². The van der Waals surface area contributed by atoms with Crippen molar-refractivity contribution < 1.29 is 14.3 Å². The van der Waals surface area contributed by atoms with Crippen molar-refractivity contribution in [3.05, 3.63) is 35.4 Å². The number of amides is 1. The Kier molecular flexibility index (Phi) is 6.24. The van der Waals surface area contributed by atoms with Gasteiger partial charge in [0.25, 0.3) is 5.91 Å². The van der Waals surface area contributed by atoms with Crippen molar-refractivity contribution >= 4 is 5.91 Å². The van der Waals surface area contributed by atoms with Gasteiger partial charge in [-0.25, -0.2) is 0 Å². The molecule has 3 rings (SSSR count). The summed E-state index contributed by atoms with van der Waals surface area (Å²) in [6.45, 7) is 8.57. The van der Waals surface area contributed by atoms with Crippen LogP contribution in [0.4, 0.5) is 0 Å². The van der Waals surface area contributed by atoms with Crippen LogP contribution in [-0.4, -0.2) is 67.8 Å². The zero-order chi connectivity index (χ0) is 16.8. The lowest BCUT2D eigenvalue weighted by Gasteiger charge is -2.31. The molecule has 2 heterocycles. The number of carbonyl (C=O) groups excluding carboxylic acids is 1. The molecule has 0 N–H and O–H groups in total. The van der Waals surface area contributed by atoms with Gasteiger partial charge in [0, 0.05) is 39.3 Å². The normalized spacial score (nSPS) is 21.8. The summed E-state index contributed by atoms with van der Waals surface area (Å²) in [4.78, 5) is 17.2. The summed E-state index contributed by atoms with van der Waals surface area (Å²) in [5.41, 5.74) is 2.41. The average Bonchev–Trinajstić information content (AvgIpc) is 3.13. The molecule has 1 amide bonds. The molecule has 1 unspecified atom stereocenters. The molecule has 24 heavy (non-hydrogen) atoms. The highest BCUT2D eigenvalue weighted by Gasteiger charge is 2.28. The molecule has 2 aliphatic heterocycles. The molecule has 1 aromatic carbocycles. The molecule has 0 saturated carbocycles. The lowest BCUT2D eigenvalue weighted by molar-refractivity contribution is -0.142. The molecule has 1 atom stereocenters. The maximum atomic E-state index is 12.9. The van der Waals surface area contributed by atoms with Crippen LogP contribution < -0.4 is 0 Å². The predicted octanol–water partition coefficient (Wildman–Crippen LogP) is 1.83. The summed E-state index contributed by atoms with van der Waals surface area (Å²) in [6, 6.07) is 8.40. The van der Waals surface area contributed by atoms with Crippen molar-refractivity contribution in [1.82, 2.24) is 9.80 Å². The third-order valence-electron chi connectivity index (χ3n) is 4.76. The van der Waals surface area contributed by atoms with Crippen molar-refractivity contribution in [2.24, 2.45) is 0 Å². The maximum Gasteiger partial charge on any atom is 0.252 e. The van der Waals surface area contributed by atoms with Gasteiger partial charge in [0.05, 0.1) is 13.2 Å². The molecule has 2 saturated heterocycles. The second-order valence-corrected chi connectivity index (χ2v) is 6.70. The van der Waals surface area contributed by atoms with Gasteiger partial charge < -0.3 is 14.4 Å². The van der Waals surface area contributed by atoms with Crippen LogP contribution in [-0.2, 0) is 20.8 Å². The molecule has 0 radical (unpaired) electrons. The minimum atomic E-state index is -0.250. The Balaban J connectivity index is 1.63. The van der Waals surface area contributed by atoms with Gasteiger partial charge in [-0.1, -0.05) is 29.8 Å². The minimum absolute atomic E-state index is 0.141. The highest BCUT2D eigenvalue weighted by atomic mass is 16.5. The summed E-state index contributed by atoms with van der Waals surface area (Å²) in [5.74, 6) is 0.141. The fourth-order valence-corrected chi connectivity index (χ4v) is 3.36. The number of aryl methyl sites for hydroxylation is 1. The van der Waals surface area contributed by atoms with Crippen molar-refractivity contribution in [1.29, 1.82) is 0 Å². The lowest BCUT2D eigenvalue weighted by atomic mass is 10.1. The molecule has 0 bridgehead atoms. The topological polar surface area (TPSA) is 42.0 Å². The molecule has 132 valence electrons. The van der Waals surface area contributed by atoms with E-state index >= 15 is 0 Å². The van der Waals surface area contributed by atoms with Gasteiger partial charge in [-0.3, -0.25) is 9.69 Å². The van der Waals surface area contributed by atoms with Crippen LogP contribution >= 0.6 is 0 Å². The largest absolute Gasteiger partial charge is 0.379 e. The second-order valence-electron chi connectivity index (χ2n) is 6.70. The molecular weight excluding hydrogens is 304 g/mol. The van der Waals surface area contributed by atoms with E-state index in [2.05, 4.69) is 36.1 Å². The van der Waals surface area contributed by atoms with Crippen molar-refractivity contribution in [2.45, 2.75) is 32.4 Å². The molecule has 0 spiro atoms. The van der Waals surface area contributed by atoms with E-state index < -0.39 is 0 Å². The fourth-order valence-electron chi connectivity index (χ4n) is 3.36. The number of nitrogens with zero attached hydrogens (tertiary/aromatic N) is 2. The van der Waals surface area contributed by atoms with Crippen LogP contribution in [0.1, 0.15) is 24.0 Å². The number of hydrogen-bond acceptors (Lipinski definition) is 4. The van der Waals surface area contributed by atoms with Gasteiger partial charge in [-0.15, -0.1) is 0 Å². The quantitative estimate of drug-likeness (QED) is 0.797. The zero-order valence-electron chi connectivity index (χ0n) is 14.6. The van der Waals surface area contributed by atoms with E-state index in [1.165, 1.54) is 11.1 Å². The van der Waals surface area contributed by atoms with Crippen molar-refractivity contribution in [2.75, 3.05) is 46.0 Å². The molecule has 0 aliphatic carbocycles. The standard InChI is InChI=1S/C19H28N2O3/c1-16-4-2-5-17(14-16)15-21(19(22)18-6-3-11-24-18)8-7-20-9-12-23-13-10-20/h2,4-5,14,18H,3,6-13,15H2,1H3. The first kappa shape index (κ1) is 17.4. The Morgan fingerprint density at radius 3 is 2.83 bits per heavy atom. The molecule has 5 heteroatoms. The van der Waals surface area contributed by atoms with Gasteiger partial charge in [0.1, 0.15) is 6.10 Å². The Labute approximate surface area is 144 Å². The molecule has 5 nitrogen and oxygen atoms in total. The Hall–Kier alpha value is -1.43. The predicted molar refractivity (Wildman–Crippen MR) is 92.8 cm³/mol. The number of morpholine rings is 1. The van der Waals surface area contributed by atoms with Gasteiger partial charge in [-0.2, -0.15) is 0 Å². The van der Waals surface area contributed by atoms with Gasteiger partial charge in [0.2, 0.25) is 0 Å². The number of benzene rings is 1. The number of rotatable bonds is 6. The van der Waals surface area contributed by atoms with Crippen LogP contribution in [0, 0.1) is 6.92 Å². The Bertz CT molecular complexity index is 537. The number of ether oxygens (including phenoxy) is 2. The van der Waals surface area contributed by atoms with Crippen molar-refractivity contribution in [3.8, 4) is 0 Å². The van der Waals surface area contributed by atoms with E-state index in [9.17, 15) is 4.79 Å². The smallest absolute Gasteiger partial charge is 0.252 e. The Morgan fingerprint density at radius 1 is 1.29 bits per heavy atom. The average molecular weight is 332 g/mol. The monoisotopic (exact) mass is 332 g/mol. The van der Waals surface area contributed by atoms with E-state index in [1.54, 1.807) is 0 Å². The van der Waals surface area contributed by atoms with Gasteiger partial charge in [-0.05, 0) is 25.3 Å². The molecule has 1 aromatic rings. The van der Waals surface area contributed by atoms with Crippen LogP contribution in [0.25, 0.3) is 0 Å². The third-order valence-corrected chi connectivity index (χ3v) is 4.76. The maximum absolute atomic E-state index is 12.9. The summed E-state index contributed by atoms with van der Waals surface area (Å²) < 4.78 is 11.0. The summed E-state index contributed by atoms with van der Waals surface area (Å²) in [7, 11) is 0. The van der Waals surface area contributed by atoms with E-state index in [0.29, 0.717) is 13.2 Å². The molecule has 2 fully saturated rings. The van der Waals surface area contributed by atoms with Crippen LogP contribution in [0.15, 0.2) is 24.3 Å². The number of hydrogen-bond donors (Lipinski definition) is 0. The van der Waals surface area contributed by atoms with E-state index in [4.69, 9.17) is 9.47 Å². The molecule has 0 aromatic heterocycles. The van der Waals surface area contributed by atoms with E-state index in [1.807, 2.05) is 4.90 Å². The Morgan fingerprint density at radius 2 is 2.12 bits per heavy atom. The second kappa shape index (κ2) is 8.60. The first-order valence-corrected chi connectivity index (χ1v) is 8.98. The summed E-state index contributed by atoms with van der Waals surface area (Å²) in [6.07, 6.45) is 1.58. The van der Waals surface area contributed by atoms with Crippen LogP contribution in [0.3, 0.4) is 0 Å². The summed E-state index contributed by atoms with van der Waals surface area (Å²) >= 11 is 0. The lowest BCUT2D eigenvalue weighted by Crippen LogP contribution is -2.45. The van der Waals surface area contributed by atoms with Crippen molar-refractivity contribution in [3.63, 3.8) is 0 Å². The fraction of sp³-hybridized carbons (Fsp3) is 0.632. The molecule has 2 aliphatic rings. The first-order chi connectivity index (χ1) is 11.7. The molecular formula is C19H28N2O3. The van der Waals surface area contributed by atoms with E-state index in [-0.39, 0.29) is 12.0 Å².